The second-order valence-electron chi connectivity index (χ2n) is 5.64. The van der Waals surface area contributed by atoms with Crippen LogP contribution >= 0.6 is 0 Å². The largest absolute Gasteiger partial charge is 0.365 e. The lowest BCUT2D eigenvalue weighted by Crippen LogP contribution is -2.21. The number of nitro groups is 1. The van der Waals surface area contributed by atoms with E-state index in [1.165, 1.54) is 19.2 Å². The second-order valence-corrected chi connectivity index (χ2v) is 5.64. The van der Waals surface area contributed by atoms with Gasteiger partial charge in [-0.2, -0.15) is 0 Å². The van der Waals surface area contributed by atoms with Gasteiger partial charge in [0.15, 0.2) is 0 Å². The average molecular weight is 378 g/mol. The first-order valence-corrected chi connectivity index (χ1v) is 8.09. The molecule has 3 rings (SSSR count). The Balaban J connectivity index is 2.01. The summed E-state index contributed by atoms with van der Waals surface area (Å²) in [5.41, 5.74) is 0.178. The first kappa shape index (κ1) is 18.6. The van der Waals surface area contributed by atoms with Crippen LogP contribution in [0.15, 0.2) is 72.0 Å². The van der Waals surface area contributed by atoms with Crippen LogP contribution in [0.5, 0.6) is 0 Å². The second kappa shape index (κ2) is 8.04. The molecule has 0 unspecified atom stereocenters. The highest BCUT2D eigenvalue weighted by Gasteiger charge is 2.28. The number of aromatic nitrogens is 2. The van der Waals surface area contributed by atoms with Crippen LogP contribution in [0.1, 0.15) is 26.5 Å². The summed E-state index contributed by atoms with van der Waals surface area (Å²) < 4.78 is 1.09. The predicted molar refractivity (Wildman–Crippen MR) is 99.0 cm³/mol. The van der Waals surface area contributed by atoms with Crippen molar-refractivity contribution in [3.05, 3.63) is 93.9 Å². The monoisotopic (exact) mass is 378 g/mol. The van der Waals surface area contributed by atoms with E-state index in [4.69, 9.17) is 4.84 Å². The summed E-state index contributed by atoms with van der Waals surface area (Å²) in [6, 6.07) is 16.2. The Morgan fingerprint density at radius 2 is 1.61 bits per heavy atom. The highest BCUT2D eigenvalue weighted by Crippen LogP contribution is 2.15. The Morgan fingerprint density at radius 3 is 2.14 bits per heavy atom. The van der Waals surface area contributed by atoms with E-state index in [0.29, 0.717) is 0 Å². The SMILES string of the molecule is Cn1c([N+](=O)[O-])cnc1/C(=N/OC(=O)c1ccccc1)C(=O)c1ccccc1. The third kappa shape index (κ3) is 3.83. The van der Waals surface area contributed by atoms with E-state index in [1.54, 1.807) is 48.5 Å². The fourth-order valence-electron chi connectivity index (χ4n) is 2.41. The lowest BCUT2D eigenvalue weighted by atomic mass is 10.1. The molecule has 2 aromatic carbocycles. The van der Waals surface area contributed by atoms with Gasteiger partial charge < -0.3 is 15.0 Å². The lowest BCUT2D eigenvalue weighted by molar-refractivity contribution is -0.391. The number of Topliss-reactive ketones (excluding diaryl/α,β-unsaturated/α-hetero) is 1. The molecule has 0 saturated heterocycles. The maximum absolute atomic E-state index is 12.9. The minimum absolute atomic E-state index is 0.0959. The van der Waals surface area contributed by atoms with Gasteiger partial charge in [0, 0.05) is 5.56 Å². The number of rotatable bonds is 6. The Hall–Kier alpha value is -4.14. The molecule has 9 nitrogen and oxygen atoms in total. The number of hydrogen-bond acceptors (Lipinski definition) is 7. The van der Waals surface area contributed by atoms with E-state index in [-0.39, 0.29) is 28.5 Å². The van der Waals surface area contributed by atoms with Crippen molar-refractivity contribution in [1.29, 1.82) is 0 Å². The van der Waals surface area contributed by atoms with Gasteiger partial charge in [0.2, 0.25) is 11.5 Å². The van der Waals surface area contributed by atoms with Crippen LogP contribution in [0, 0.1) is 10.1 Å². The van der Waals surface area contributed by atoms with Crippen molar-refractivity contribution in [1.82, 2.24) is 9.55 Å². The molecule has 3 aromatic rings. The van der Waals surface area contributed by atoms with Crippen molar-refractivity contribution < 1.29 is 19.3 Å². The number of imidazole rings is 1. The van der Waals surface area contributed by atoms with Crippen LogP contribution < -0.4 is 0 Å². The highest BCUT2D eigenvalue weighted by atomic mass is 16.7. The molecule has 0 radical (unpaired) electrons. The molecule has 0 N–H and O–H groups in total. The number of benzene rings is 2. The molecule has 0 aliphatic carbocycles. The third-order valence-electron chi connectivity index (χ3n) is 3.84. The van der Waals surface area contributed by atoms with E-state index >= 15 is 0 Å². The summed E-state index contributed by atoms with van der Waals surface area (Å²) in [7, 11) is 1.37. The smallest absolute Gasteiger partial charge is 0.358 e. The zero-order chi connectivity index (χ0) is 20.1. The van der Waals surface area contributed by atoms with Gasteiger partial charge in [0.25, 0.3) is 5.82 Å². The Morgan fingerprint density at radius 1 is 1.04 bits per heavy atom. The zero-order valence-electron chi connectivity index (χ0n) is 14.7. The molecule has 1 heterocycles. The summed E-state index contributed by atoms with van der Waals surface area (Å²) >= 11 is 0. The Labute approximate surface area is 159 Å². The van der Waals surface area contributed by atoms with E-state index in [2.05, 4.69) is 10.1 Å². The molecular weight excluding hydrogens is 364 g/mol. The number of carbonyl (C=O) groups is 2. The molecule has 140 valence electrons. The van der Waals surface area contributed by atoms with Gasteiger partial charge in [-0.1, -0.05) is 53.7 Å². The van der Waals surface area contributed by atoms with Gasteiger partial charge in [0.05, 0.1) is 12.6 Å². The highest BCUT2D eigenvalue weighted by molar-refractivity contribution is 6.50. The number of nitrogens with zero attached hydrogens (tertiary/aromatic N) is 4. The Kier molecular flexibility index (Phi) is 5.35. The van der Waals surface area contributed by atoms with Crippen molar-refractivity contribution in [3.8, 4) is 0 Å². The minimum Gasteiger partial charge on any atom is -0.358 e. The predicted octanol–water partition coefficient (Wildman–Crippen LogP) is 2.77. The minimum atomic E-state index is -0.775. The van der Waals surface area contributed by atoms with Gasteiger partial charge in [-0.15, -0.1) is 0 Å². The maximum atomic E-state index is 12.9. The zero-order valence-corrected chi connectivity index (χ0v) is 14.7. The van der Waals surface area contributed by atoms with Crippen LogP contribution in [0.4, 0.5) is 5.82 Å². The molecule has 1 aromatic heterocycles. The van der Waals surface area contributed by atoms with Crippen molar-refractivity contribution in [2.24, 2.45) is 12.2 Å². The number of oxime groups is 1. The molecule has 0 amide bonds. The molecular formula is C19H14N4O5. The van der Waals surface area contributed by atoms with Crippen LogP contribution in [0.3, 0.4) is 0 Å². The summed E-state index contributed by atoms with van der Waals surface area (Å²) in [6.45, 7) is 0. The fraction of sp³-hybridized carbons (Fsp3) is 0.0526. The number of carbonyl (C=O) groups excluding carboxylic acids is 2. The third-order valence-corrected chi connectivity index (χ3v) is 3.84. The van der Waals surface area contributed by atoms with Gasteiger partial charge in [-0.05, 0) is 17.1 Å². The molecule has 0 fully saturated rings. The van der Waals surface area contributed by atoms with E-state index in [0.717, 1.165) is 10.8 Å². The maximum Gasteiger partial charge on any atom is 0.365 e. The van der Waals surface area contributed by atoms with E-state index in [1.807, 2.05) is 0 Å². The van der Waals surface area contributed by atoms with Gasteiger partial charge >= 0.3 is 11.8 Å². The summed E-state index contributed by atoms with van der Waals surface area (Å²) in [5, 5.41) is 14.8. The summed E-state index contributed by atoms with van der Waals surface area (Å²) in [4.78, 5) is 44.3. The van der Waals surface area contributed by atoms with Crippen LogP contribution in [0.2, 0.25) is 0 Å². The summed E-state index contributed by atoms with van der Waals surface area (Å²) in [6.07, 6.45) is 1.00. The molecule has 9 heteroatoms. The molecule has 0 atom stereocenters. The Bertz CT molecular complexity index is 1060. The molecule has 0 bridgehead atoms. The van der Waals surface area contributed by atoms with E-state index < -0.39 is 16.7 Å². The lowest BCUT2D eigenvalue weighted by Gasteiger charge is -2.04. The quantitative estimate of drug-likeness (QED) is 0.214. The van der Waals surface area contributed by atoms with Crippen LogP contribution in [-0.4, -0.2) is 31.9 Å². The van der Waals surface area contributed by atoms with Crippen molar-refractivity contribution in [3.63, 3.8) is 0 Å². The number of hydrogen-bond donors (Lipinski definition) is 0. The number of ketones is 1. The van der Waals surface area contributed by atoms with Gasteiger partial charge in [0.1, 0.15) is 6.20 Å². The molecule has 0 aliphatic rings. The normalized spacial score (nSPS) is 11.1. The first-order valence-electron chi connectivity index (χ1n) is 8.09. The topological polar surface area (TPSA) is 117 Å². The van der Waals surface area contributed by atoms with Crippen LogP contribution in [0.25, 0.3) is 0 Å². The standard InChI is InChI=1S/C19H14N4O5/c1-22-15(23(26)27)12-20-18(22)16(17(24)13-8-4-2-5-9-13)21-28-19(25)14-10-6-3-7-11-14/h2-12H,1H3/b21-16+. The van der Waals surface area contributed by atoms with Gasteiger partial charge in [-0.3, -0.25) is 4.79 Å². The molecule has 0 aliphatic heterocycles. The van der Waals surface area contributed by atoms with E-state index in [9.17, 15) is 19.7 Å². The molecule has 0 spiro atoms. The van der Waals surface area contributed by atoms with Crippen molar-refractivity contribution in [2.45, 2.75) is 0 Å². The fourth-order valence-corrected chi connectivity index (χ4v) is 2.41. The molecule has 0 saturated carbocycles. The van der Waals surface area contributed by atoms with Crippen LogP contribution in [-0.2, 0) is 11.9 Å². The average Bonchev–Trinajstić information content (AvgIpc) is 3.10. The van der Waals surface area contributed by atoms with Crippen molar-refractivity contribution in [2.75, 3.05) is 0 Å². The first-order chi connectivity index (χ1) is 13.5. The van der Waals surface area contributed by atoms with Gasteiger partial charge in [-0.25, -0.2) is 14.3 Å². The molecule has 28 heavy (non-hydrogen) atoms. The van der Waals surface area contributed by atoms with Crippen molar-refractivity contribution >= 4 is 23.3 Å². The summed E-state index contributed by atoms with van der Waals surface area (Å²) in [5.74, 6) is -1.80.